The maximum atomic E-state index is 12.5. The van der Waals surface area contributed by atoms with Crippen molar-refractivity contribution in [3.05, 3.63) is 46.5 Å². The van der Waals surface area contributed by atoms with E-state index in [9.17, 15) is 14.7 Å². The Morgan fingerprint density at radius 1 is 1.11 bits per heavy atom. The number of benzene rings is 1. The minimum atomic E-state index is -0.662. The zero-order chi connectivity index (χ0) is 13.1. The lowest BCUT2D eigenvalue weighted by Crippen LogP contribution is -2.30. The summed E-state index contributed by atoms with van der Waals surface area (Å²) in [6.45, 7) is 3.64. The quantitative estimate of drug-likeness (QED) is 0.758. The van der Waals surface area contributed by atoms with Gasteiger partial charge in [0.05, 0.1) is 6.10 Å². The molecule has 3 nitrogen and oxygen atoms in total. The van der Waals surface area contributed by atoms with E-state index in [0.717, 1.165) is 0 Å². The molecule has 1 aromatic rings. The molecule has 0 spiro atoms. The maximum absolute atomic E-state index is 12.5. The molecule has 0 aromatic heterocycles. The third-order valence-corrected chi connectivity index (χ3v) is 4.09. The van der Waals surface area contributed by atoms with Gasteiger partial charge < -0.3 is 5.11 Å². The van der Waals surface area contributed by atoms with Crippen molar-refractivity contribution in [3.8, 4) is 0 Å². The molecule has 0 radical (unpaired) electrons. The number of ketones is 2. The van der Waals surface area contributed by atoms with E-state index in [1.165, 1.54) is 0 Å². The Hall–Kier alpha value is -1.74. The second kappa shape index (κ2) is 3.39. The molecule has 3 heteroatoms. The van der Waals surface area contributed by atoms with Crippen molar-refractivity contribution in [1.29, 1.82) is 0 Å². The Balaban J connectivity index is 2.26. The first-order valence-electron chi connectivity index (χ1n) is 6.04. The molecule has 92 valence electrons. The second-order valence-electron chi connectivity index (χ2n) is 5.50. The summed E-state index contributed by atoms with van der Waals surface area (Å²) >= 11 is 0. The van der Waals surface area contributed by atoms with Gasteiger partial charge in [0.15, 0.2) is 11.6 Å². The van der Waals surface area contributed by atoms with Gasteiger partial charge in [-0.3, -0.25) is 9.59 Å². The van der Waals surface area contributed by atoms with E-state index in [1.54, 1.807) is 24.3 Å². The molecule has 1 atom stereocenters. The zero-order valence-corrected chi connectivity index (χ0v) is 10.4. The molecular formula is C15H14O3. The first kappa shape index (κ1) is 11.4. The molecule has 1 unspecified atom stereocenters. The van der Waals surface area contributed by atoms with Crippen molar-refractivity contribution in [2.45, 2.75) is 26.4 Å². The van der Waals surface area contributed by atoms with Gasteiger partial charge in [-0.25, -0.2) is 0 Å². The molecule has 0 saturated heterocycles. The number of aliphatic hydroxyl groups excluding tert-OH is 1. The van der Waals surface area contributed by atoms with Crippen molar-refractivity contribution in [1.82, 2.24) is 0 Å². The SMILES string of the molecule is CC1(C)C2=C(CC1O)C(=O)c1ccccc1C2=O. The number of hydrogen-bond acceptors (Lipinski definition) is 3. The highest BCUT2D eigenvalue weighted by atomic mass is 16.3. The first-order valence-corrected chi connectivity index (χ1v) is 6.04. The summed E-state index contributed by atoms with van der Waals surface area (Å²) in [5.74, 6) is -0.216. The van der Waals surface area contributed by atoms with Crippen LogP contribution in [0.5, 0.6) is 0 Å². The highest BCUT2D eigenvalue weighted by Crippen LogP contribution is 2.47. The monoisotopic (exact) mass is 242 g/mol. The molecule has 1 aromatic carbocycles. The standard InChI is InChI=1S/C15H14O3/c1-15(2)11(16)7-10-12(15)14(18)9-6-4-3-5-8(9)13(10)17/h3-6,11,16H,7H2,1-2H3. The van der Waals surface area contributed by atoms with Crippen LogP contribution in [0.2, 0.25) is 0 Å². The van der Waals surface area contributed by atoms with E-state index in [1.807, 2.05) is 13.8 Å². The Morgan fingerprint density at radius 3 is 2.28 bits per heavy atom. The second-order valence-corrected chi connectivity index (χ2v) is 5.50. The summed E-state index contributed by atoms with van der Waals surface area (Å²) < 4.78 is 0. The van der Waals surface area contributed by atoms with Crippen molar-refractivity contribution in [2.24, 2.45) is 5.41 Å². The average Bonchev–Trinajstić information content (AvgIpc) is 2.58. The predicted octanol–water partition coefficient (Wildman–Crippen LogP) is 2.15. The highest BCUT2D eigenvalue weighted by molar-refractivity contribution is 6.27. The van der Waals surface area contributed by atoms with Gasteiger partial charge in [0.25, 0.3) is 0 Å². The number of carbonyl (C=O) groups is 2. The van der Waals surface area contributed by atoms with Crippen LogP contribution >= 0.6 is 0 Å². The van der Waals surface area contributed by atoms with Crippen molar-refractivity contribution in [3.63, 3.8) is 0 Å². The summed E-state index contributed by atoms with van der Waals surface area (Å²) in [5, 5.41) is 10.1. The topological polar surface area (TPSA) is 54.4 Å². The Bertz CT molecular complexity index is 608. The third-order valence-electron chi connectivity index (χ3n) is 4.09. The molecule has 18 heavy (non-hydrogen) atoms. The number of aliphatic hydroxyl groups is 1. The van der Waals surface area contributed by atoms with Gasteiger partial charge in [0.1, 0.15) is 0 Å². The number of Topliss-reactive ketones (excluding diaryl/α,β-unsaturated/α-hetero) is 2. The Kier molecular flexibility index (Phi) is 2.14. The van der Waals surface area contributed by atoms with Crippen LogP contribution in [-0.4, -0.2) is 22.8 Å². The Labute approximate surface area is 105 Å². The Morgan fingerprint density at radius 2 is 1.67 bits per heavy atom. The number of hydrogen-bond donors (Lipinski definition) is 1. The summed E-state index contributed by atoms with van der Waals surface area (Å²) in [7, 11) is 0. The molecule has 0 aliphatic heterocycles. The average molecular weight is 242 g/mol. The summed E-state index contributed by atoms with van der Waals surface area (Å²) in [4.78, 5) is 24.8. The van der Waals surface area contributed by atoms with Crippen LogP contribution in [0, 0.1) is 5.41 Å². The van der Waals surface area contributed by atoms with Crippen molar-refractivity contribution >= 4 is 11.6 Å². The summed E-state index contributed by atoms with van der Waals surface area (Å²) in [5.41, 5.74) is 1.28. The fraction of sp³-hybridized carbons (Fsp3) is 0.333. The maximum Gasteiger partial charge on any atom is 0.190 e. The van der Waals surface area contributed by atoms with Crippen LogP contribution in [-0.2, 0) is 0 Å². The molecular weight excluding hydrogens is 228 g/mol. The van der Waals surface area contributed by atoms with Gasteiger partial charge in [0.2, 0.25) is 0 Å². The predicted molar refractivity (Wildman–Crippen MR) is 66.5 cm³/mol. The van der Waals surface area contributed by atoms with Gasteiger partial charge in [0, 0.05) is 34.1 Å². The van der Waals surface area contributed by atoms with E-state index in [4.69, 9.17) is 0 Å². The third kappa shape index (κ3) is 1.22. The van der Waals surface area contributed by atoms with Crippen LogP contribution in [0.15, 0.2) is 35.4 Å². The van der Waals surface area contributed by atoms with Crippen LogP contribution in [0.3, 0.4) is 0 Å². The fourth-order valence-electron chi connectivity index (χ4n) is 2.92. The van der Waals surface area contributed by atoms with E-state index >= 15 is 0 Å². The van der Waals surface area contributed by atoms with Gasteiger partial charge in [-0.1, -0.05) is 38.1 Å². The van der Waals surface area contributed by atoms with Crippen LogP contribution in [0.4, 0.5) is 0 Å². The number of rotatable bonds is 0. The molecule has 0 amide bonds. The minimum absolute atomic E-state index is 0.107. The lowest BCUT2D eigenvalue weighted by atomic mass is 9.76. The van der Waals surface area contributed by atoms with Gasteiger partial charge >= 0.3 is 0 Å². The van der Waals surface area contributed by atoms with E-state index < -0.39 is 11.5 Å². The van der Waals surface area contributed by atoms with Crippen LogP contribution < -0.4 is 0 Å². The minimum Gasteiger partial charge on any atom is -0.392 e. The van der Waals surface area contributed by atoms with E-state index in [2.05, 4.69) is 0 Å². The largest absolute Gasteiger partial charge is 0.392 e. The highest BCUT2D eigenvalue weighted by Gasteiger charge is 2.48. The fourth-order valence-corrected chi connectivity index (χ4v) is 2.92. The molecule has 0 bridgehead atoms. The molecule has 0 fully saturated rings. The normalized spacial score (nSPS) is 25.2. The molecule has 1 N–H and O–H groups in total. The van der Waals surface area contributed by atoms with Crippen molar-refractivity contribution < 1.29 is 14.7 Å². The van der Waals surface area contributed by atoms with Crippen LogP contribution in [0.25, 0.3) is 0 Å². The number of fused-ring (bicyclic) bond motifs is 1. The van der Waals surface area contributed by atoms with E-state index in [0.29, 0.717) is 22.3 Å². The summed E-state index contributed by atoms with van der Waals surface area (Å²) in [6, 6.07) is 6.87. The lowest BCUT2D eigenvalue weighted by Gasteiger charge is -2.27. The summed E-state index contributed by atoms with van der Waals surface area (Å²) in [6.07, 6.45) is -0.383. The number of carbonyl (C=O) groups excluding carboxylic acids is 2. The smallest absolute Gasteiger partial charge is 0.190 e. The molecule has 3 rings (SSSR count). The van der Waals surface area contributed by atoms with Gasteiger partial charge in [-0.2, -0.15) is 0 Å². The molecule has 0 heterocycles. The zero-order valence-electron chi connectivity index (χ0n) is 10.4. The lowest BCUT2D eigenvalue weighted by molar-refractivity contribution is 0.0796. The molecule has 2 aliphatic carbocycles. The van der Waals surface area contributed by atoms with E-state index in [-0.39, 0.29) is 18.0 Å². The van der Waals surface area contributed by atoms with Crippen LogP contribution in [0.1, 0.15) is 41.0 Å². The molecule has 0 saturated carbocycles. The van der Waals surface area contributed by atoms with Crippen molar-refractivity contribution in [2.75, 3.05) is 0 Å². The first-order chi connectivity index (χ1) is 8.44. The van der Waals surface area contributed by atoms with Gasteiger partial charge in [-0.15, -0.1) is 0 Å². The molecule has 2 aliphatic rings. The van der Waals surface area contributed by atoms with Gasteiger partial charge in [-0.05, 0) is 0 Å².